The molecular weight excluding hydrogens is 457 g/mol. The van der Waals surface area contributed by atoms with Gasteiger partial charge in [-0.05, 0) is 68.0 Å². The van der Waals surface area contributed by atoms with Gasteiger partial charge in [-0.3, -0.25) is 9.36 Å². The van der Waals surface area contributed by atoms with E-state index in [9.17, 15) is 23.1 Å². The Morgan fingerprint density at radius 3 is 2.55 bits per heavy atom. The van der Waals surface area contributed by atoms with E-state index in [2.05, 4.69) is 9.72 Å². The molecule has 33 heavy (non-hydrogen) atoms. The van der Waals surface area contributed by atoms with Gasteiger partial charge in [0.05, 0.1) is 5.60 Å². The Hall–Kier alpha value is -3.24. The van der Waals surface area contributed by atoms with Gasteiger partial charge in [-0.15, -0.1) is 13.2 Å². The molecule has 0 saturated heterocycles. The summed E-state index contributed by atoms with van der Waals surface area (Å²) in [6.45, 7) is 3.63. The number of fused-ring (bicyclic) bond motifs is 1. The molecule has 0 atom stereocenters. The van der Waals surface area contributed by atoms with E-state index in [0.29, 0.717) is 21.9 Å². The summed E-state index contributed by atoms with van der Waals surface area (Å²) in [4.78, 5) is 17.7. The SMILES string of the molecule is CC(C)(O)C1=Cc2cc(-n3ccnc(Sc4ccc(OC(F)(F)F)cc4)c3=O)ccc2OC1. The molecule has 1 aliphatic rings. The van der Waals surface area contributed by atoms with Crippen molar-refractivity contribution >= 4 is 17.8 Å². The van der Waals surface area contributed by atoms with Crippen LogP contribution in [0.3, 0.4) is 0 Å². The van der Waals surface area contributed by atoms with Crippen molar-refractivity contribution in [2.75, 3.05) is 6.61 Å². The molecule has 0 spiro atoms. The molecule has 1 aliphatic heterocycles. The number of aliphatic hydroxyl groups is 1. The van der Waals surface area contributed by atoms with E-state index in [0.717, 1.165) is 17.3 Å². The van der Waals surface area contributed by atoms with E-state index in [-0.39, 0.29) is 22.9 Å². The predicted molar refractivity (Wildman–Crippen MR) is 117 cm³/mol. The highest BCUT2D eigenvalue weighted by Gasteiger charge is 2.31. The zero-order chi connectivity index (χ0) is 23.8. The van der Waals surface area contributed by atoms with Crippen LogP contribution < -0.4 is 15.0 Å². The highest BCUT2D eigenvalue weighted by Crippen LogP contribution is 2.32. The third kappa shape index (κ3) is 5.40. The maximum absolute atomic E-state index is 13.0. The van der Waals surface area contributed by atoms with Gasteiger partial charge >= 0.3 is 6.36 Å². The fourth-order valence-corrected chi connectivity index (χ4v) is 3.95. The number of benzene rings is 2. The van der Waals surface area contributed by atoms with Gasteiger partial charge in [0.2, 0.25) is 0 Å². The van der Waals surface area contributed by atoms with E-state index in [1.165, 1.54) is 41.2 Å². The summed E-state index contributed by atoms with van der Waals surface area (Å²) in [6, 6.07) is 10.5. The molecule has 0 saturated carbocycles. The normalized spacial score (nSPS) is 13.7. The Morgan fingerprint density at radius 2 is 1.88 bits per heavy atom. The molecule has 3 aromatic rings. The van der Waals surface area contributed by atoms with Gasteiger partial charge in [0.15, 0.2) is 5.03 Å². The fraction of sp³-hybridized carbons (Fsp3) is 0.217. The molecule has 2 heterocycles. The average Bonchev–Trinajstić information content (AvgIpc) is 2.74. The number of alkyl halides is 3. The summed E-state index contributed by atoms with van der Waals surface area (Å²) in [7, 11) is 0. The van der Waals surface area contributed by atoms with Crippen LogP contribution in [0.15, 0.2) is 75.1 Å². The van der Waals surface area contributed by atoms with Crippen LogP contribution >= 0.6 is 11.8 Å². The quantitative estimate of drug-likeness (QED) is 0.569. The first-order valence-corrected chi connectivity index (χ1v) is 10.6. The lowest BCUT2D eigenvalue weighted by Crippen LogP contribution is -2.27. The molecule has 6 nitrogen and oxygen atoms in total. The highest BCUT2D eigenvalue weighted by atomic mass is 32.2. The second-order valence-corrected chi connectivity index (χ2v) is 8.83. The first-order chi connectivity index (χ1) is 15.5. The molecule has 172 valence electrons. The van der Waals surface area contributed by atoms with Crippen LogP contribution in [0.1, 0.15) is 19.4 Å². The van der Waals surface area contributed by atoms with Crippen molar-refractivity contribution in [3.05, 3.63) is 76.3 Å². The largest absolute Gasteiger partial charge is 0.573 e. The molecule has 1 aromatic heterocycles. The fourth-order valence-electron chi connectivity index (χ4n) is 3.16. The van der Waals surface area contributed by atoms with Gasteiger partial charge in [0.25, 0.3) is 5.56 Å². The van der Waals surface area contributed by atoms with Crippen LogP contribution in [0.5, 0.6) is 11.5 Å². The number of hydrogen-bond donors (Lipinski definition) is 1. The molecule has 4 rings (SSSR count). The Kier molecular flexibility index (Phi) is 5.98. The van der Waals surface area contributed by atoms with E-state index < -0.39 is 12.0 Å². The van der Waals surface area contributed by atoms with Crippen LogP contribution in [-0.4, -0.2) is 33.2 Å². The van der Waals surface area contributed by atoms with Gasteiger partial charge in [0.1, 0.15) is 18.1 Å². The molecule has 1 N–H and O–H groups in total. The van der Waals surface area contributed by atoms with Crippen molar-refractivity contribution in [3.8, 4) is 17.2 Å². The third-order valence-corrected chi connectivity index (χ3v) is 5.83. The molecule has 0 bridgehead atoms. The first kappa shape index (κ1) is 22.9. The van der Waals surface area contributed by atoms with Crippen LogP contribution in [0.25, 0.3) is 11.8 Å². The number of halogens is 3. The highest BCUT2D eigenvalue weighted by molar-refractivity contribution is 7.99. The third-order valence-electron chi connectivity index (χ3n) is 4.85. The summed E-state index contributed by atoms with van der Waals surface area (Å²) in [5.74, 6) is 0.296. The minimum Gasteiger partial charge on any atom is -0.489 e. The van der Waals surface area contributed by atoms with E-state index in [1.807, 2.05) is 6.08 Å². The van der Waals surface area contributed by atoms with E-state index in [1.54, 1.807) is 32.0 Å². The summed E-state index contributed by atoms with van der Waals surface area (Å²) >= 11 is 1.03. The Labute approximate surface area is 191 Å². The second kappa shape index (κ2) is 8.60. The Bertz CT molecular complexity index is 1260. The molecule has 10 heteroatoms. The first-order valence-electron chi connectivity index (χ1n) is 9.81. The van der Waals surface area contributed by atoms with Crippen molar-refractivity contribution < 1.29 is 27.8 Å². The van der Waals surface area contributed by atoms with Gasteiger partial charge in [-0.2, -0.15) is 0 Å². The lowest BCUT2D eigenvalue weighted by molar-refractivity contribution is -0.274. The molecule has 0 radical (unpaired) electrons. The summed E-state index contributed by atoms with van der Waals surface area (Å²) in [5, 5.41) is 10.4. The van der Waals surface area contributed by atoms with Crippen molar-refractivity contribution in [1.29, 1.82) is 0 Å². The monoisotopic (exact) mass is 476 g/mol. The minimum atomic E-state index is -4.77. The summed E-state index contributed by atoms with van der Waals surface area (Å²) in [5.41, 5.74) is 0.596. The maximum atomic E-state index is 13.0. The molecule has 0 unspecified atom stereocenters. The Morgan fingerprint density at radius 1 is 1.15 bits per heavy atom. The van der Waals surface area contributed by atoms with Gasteiger partial charge < -0.3 is 14.6 Å². The van der Waals surface area contributed by atoms with Crippen LogP contribution in [0.4, 0.5) is 13.2 Å². The van der Waals surface area contributed by atoms with Crippen molar-refractivity contribution in [1.82, 2.24) is 9.55 Å². The lowest BCUT2D eigenvalue weighted by atomic mass is 9.94. The summed E-state index contributed by atoms with van der Waals surface area (Å²) in [6.07, 6.45) is 0.0680. The Balaban J connectivity index is 1.61. The van der Waals surface area contributed by atoms with E-state index >= 15 is 0 Å². The molecular formula is C23H19F3N2O4S. The molecule has 0 aliphatic carbocycles. The van der Waals surface area contributed by atoms with Crippen molar-refractivity contribution in [3.63, 3.8) is 0 Å². The smallest absolute Gasteiger partial charge is 0.489 e. The average molecular weight is 476 g/mol. The van der Waals surface area contributed by atoms with Crippen LogP contribution in [0.2, 0.25) is 0 Å². The van der Waals surface area contributed by atoms with Crippen molar-refractivity contribution in [2.45, 2.75) is 35.7 Å². The number of aromatic nitrogens is 2. The number of hydrogen-bond acceptors (Lipinski definition) is 6. The van der Waals surface area contributed by atoms with Crippen LogP contribution in [-0.2, 0) is 0 Å². The van der Waals surface area contributed by atoms with Gasteiger partial charge in [0, 0.05) is 28.5 Å². The predicted octanol–water partition coefficient (Wildman–Crippen LogP) is 4.83. The zero-order valence-electron chi connectivity index (χ0n) is 17.6. The number of rotatable bonds is 5. The zero-order valence-corrected chi connectivity index (χ0v) is 18.4. The lowest BCUT2D eigenvalue weighted by Gasteiger charge is -2.26. The molecule has 2 aromatic carbocycles. The topological polar surface area (TPSA) is 73.6 Å². The molecule has 0 fully saturated rings. The van der Waals surface area contributed by atoms with Gasteiger partial charge in [-0.1, -0.05) is 11.8 Å². The van der Waals surface area contributed by atoms with E-state index in [4.69, 9.17) is 4.74 Å². The number of nitrogens with zero attached hydrogens (tertiary/aromatic N) is 2. The van der Waals surface area contributed by atoms with Crippen molar-refractivity contribution in [2.24, 2.45) is 0 Å². The standard InChI is InChI=1S/C23H19F3N2O4S/c1-22(2,30)15-11-14-12-16(3-8-19(14)31-13-15)28-10-9-27-20(21(28)29)33-18-6-4-17(5-7-18)32-23(24,25)26/h3-12,30H,13H2,1-2H3. The number of ether oxygens (including phenoxy) is 2. The summed E-state index contributed by atoms with van der Waals surface area (Å²) < 4.78 is 48.0. The van der Waals surface area contributed by atoms with Gasteiger partial charge in [-0.25, -0.2) is 4.98 Å². The minimum absolute atomic E-state index is 0.156. The maximum Gasteiger partial charge on any atom is 0.573 e. The van der Waals surface area contributed by atoms with Crippen LogP contribution in [0, 0.1) is 0 Å². The molecule has 0 amide bonds. The second-order valence-electron chi connectivity index (χ2n) is 7.77.